The van der Waals surface area contributed by atoms with Gasteiger partial charge in [-0.25, -0.2) is 0 Å². The average molecular weight is 241 g/mol. The highest BCUT2D eigenvalue weighted by molar-refractivity contribution is 5.99. The van der Waals surface area contributed by atoms with Gasteiger partial charge < -0.3 is 4.74 Å². The minimum atomic E-state index is 0.113. The summed E-state index contributed by atoms with van der Waals surface area (Å²) in [6.07, 6.45) is 4.43. The van der Waals surface area contributed by atoms with Crippen molar-refractivity contribution in [3.8, 4) is 0 Å². The third kappa shape index (κ3) is 2.27. The van der Waals surface area contributed by atoms with E-state index in [9.17, 15) is 4.79 Å². The van der Waals surface area contributed by atoms with Crippen LogP contribution in [0.3, 0.4) is 0 Å². The Labute approximate surface area is 106 Å². The molecule has 0 N–H and O–H groups in total. The molecule has 0 spiro atoms. The smallest absolute Gasteiger partial charge is 0.165 e. The zero-order chi connectivity index (χ0) is 12.4. The summed E-state index contributed by atoms with van der Waals surface area (Å²) < 4.78 is 5.50. The van der Waals surface area contributed by atoms with Crippen molar-refractivity contribution in [3.63, 3.8) is 0 Å². The van der Waals surface area contributed by atoms with E-state index in [1.54, 1.807) is 6.20 Å². The molecule has 0 aliphatic carbocycles. The molecule has 1 fully saturated rings. The number of benzene rings is 1. The van der Waals surface area contributed by atoms with Crippen LogP contribution in [0.2, 0.25) is 0 Å². The molecule has 1 aromatic carbocycles. The maximum atomic E-state index is 12.1. The van der Waals surface area contributed by atoms with Crippen LogP contribution in [-0.4, -0.2) is 23.5 Å². The maximum Gasteiger partial charge on any atom is 0.165 e. The number of ketones is 1. The standard InChI is InChI=1S/C15H15NO2/c17-15(10-13-4-2-8-18-13)12-5-6-14-11(9-12)3-1-7-16-14/h1,3,5-7,9,13H,2,4,8,10H2. The van der Waals surface area contributed by atoms with Crippen molar-refractivity contribution in [3.05, 3.63) is 42.1 Å². The number of carbonyl (C=O) groups excluding carboxylic acids is 1. The van der Waals surface area contributed by atoms with E-state index in [0.717, 1.165) is 35.9 Å². The van der Waals surface area contributed by atoms with Gasteiger partial charge in [0.2, 0.25) is 0 Å². The Hall–Kier alpha value is -1.74. The predicted molar refractivity (Wildman–Crippen MR) is 69.7 cm³/mol. The SMILES string of the molecule is O=C(CC1CCCO1)c1ccc2ncccc2c1. The average Bonchev–Trinajstić information content (AvgIpc) is 2.91. The minimum Gasteiger partial charge on any atom is -0.378 e. The maximum absolute atomic E-state index is 12.1. The number of pyridine rings is 1. The molecule has 1 saturated heterocycles. The topological polar surface area (TPSA) is 39.2 Å². The van der Waals surface area contributed by atoms with Gasteiger partial charge in [0.05, 0.1) is 11.6 Å². The van der Waals surface area contributed by atoms with Crippen molar-refractivity contribution in [2.45, 2.75) is 25.4 Å². The molecule has 2 aromatic rings. The number of fused-ring (bicyclic) bond motifs is 1. The van der Waals surface area contributed by atoms with Gasteiger partial charge in [-0.15, -0.1) is 0 Å². The number of aromatic nitrogens is 1. The lowest BCUT2D eigenvalue weighted by molar-refractivity contribution is 0.0775. The summed E-state index contributed by atoms with van der Waals surface area (Å²) >= 11 is 0. The molecule has 0 saturated carbocycles. The summed E-state index contributed by atoms with van der Waals surface area (Å²) in [7, 11) is 0. The monoisotopic (exact) mass is 241 g/mol. The second kappa shape index (κ2) is 4.86. The highest BCUT2D eigenvalue weighted by Crippen LogP contribution is 2.20. The zero-order valence-corrected chi connectivity index (χ0v) is 10.1. The summed E-state index contributed by atoms with van der Waals surface area (Å²) in [6.45, 7) is 0.791. The number of nitrogens with zero attached hydrogens (tertiary/aromatic N) is 1. The summed E-state index contributed by atoms with van der Waals surface area (Å²) in [4.78, 5) is 16.4. The fraction of sp³-hybridized carbons (Fsp3) is 0.333. The van der Waals surface area contributed by atoms with Crippen LogP contribution in [0.15, 0.2) is 36.5 Å². The van der Waals surface area contributed by atoms with E-state index in [2.05, 4.69) is 4.98 Å². The first-order valence-electron chi connectivity index (χ1n) is 6.32. The van der Waals surface area contributed by atoms with Gasteiger partial charge in [0.1, 0.15) is 0 Å². The predicted octanol–water partition coefficient (Wildman–Crippen LogP) is 2.99. The lowest BCUT2D eigenvalue weighted by Gasteiger charge is -2.08. The van der Waals surface area contributed by atoms with Gasteiger partial charge >= 0.3 is 0 Å². The van der Waals surface area contributed by atoms with Gasteiger partial charge in [0, 0.05) is 30.2 Å². The van der Waals surface area contributed by atoms with Gasteiger partial charge in [-0.3, -0.25) is 9.78 Å². The van der Waals surface area contributed by atoms with Crippen molar-refractivity contribution in [2.24, 2.45) is 0 Å². The van der Waals surface area contributed by atoms with Gasteiger partial charge in [-0.1, -0.05) is 6.07 Å². The molecule has 3 nitrogen and oxygen atoms in total. The van der Waals surface area contributed by atoms with Crippen molar-refractivity contribution < 1.29 is 9.53 Å². The molecule has 2 heterocycles. The summed E-state index contributed by atoms with van der Waals surface area (Å²) in [5.41, 5.74) is 1.68. The second-order valence-electron chi connectivity index (χ2n) is 4.67. The quantitative estimate of drug-likeness (QED) is 0.775. The molecule has 0 bridgehead atoms. The first-order valence-corrected chi connectivity index (χ1v) is 6.32. The number of hydrogen-bond donors (Lipinski definition) is 0. The first kappa shape index (κ1) is 11.4. The summed E-state index contributed by atoms with van der Waals surface area (Å²) in [5, 5.41) is 1.01. The molecule has 1 unspecified atom stereocenters. The van der Waals surface area contributed by atoms with Gasteiger partial charge in [-0.05, 0) is 37.1 Å². The summed E-state index contributed by atoms with van der Waals surface area (Å²) in [5.74, 6) is 0.160. The Balaban J connectivity index is 1.82. The largest absolute Gasteiger partial charge is 0.378 e. The lowest BCUT2D eigenvalue weighted by Crippen LogP contribution is -2.12. The molecule has 3 heteroatoms. The Morgan fingerprint density at radius 1 is 1.39 bits per heavy atom. The molecule has 3 rings (SSSR count). The molecule has 1 atom stereocenters. The first-order chi connectivity index (χ1) is 8.83. The minimum absolute atomic E-state index is 0.113. The molecule has 92 valence electrons. The number of Topliss-reactive ketones (excluding diaryl/α,β-unsaturated/α-hetero) is 1. The van der Waals surface area contributed by atoms with Gasteiger partial charge in [0.25, 0.3) is 0 Å². The highest BCUT2D eigenvalue weighted by Gasteiger charge is 2.19. The fourth-order valence-electron chi connectivity index (χ4n) is 2.38. The van der Waals surface area contributed by atoms with Crippen LogP contribution < -0.4 is 0 Å². The number of hydrogen-bond acceptors (Lipinski definition) is 3. The van der Waals surface area contributed by atoms with Crippen molar-refractivity contribution in [1.29, 1.82) is 0 Å². The third-order valence-electron chi connectivity index (χ3n) is 3.36. The summed E-state index contributed by atoms with van der Waals surface area (Å²) in [6, 6.07) is 9.53. The van der Waals surface area contributed by atoms with E-state index in [1.807, 2.05) is 30.3 Å². The Bertz CT molecular complexity index is 573. The number of rotatable bonds is 3. The number of ether oxygens (including phenoxy) is 1. The molecule has 1 aliphatic rings. The van der Waals surface area contributed by atoms with Crippen molar-refractivity contribution in [1.82, 2.24) is 4.98 Å². The van der Waals surface area contributed by atoms with E-state index < -0.39 is 0 Å². The molecular weight excluding hydrogens is 226 g/mol. The van der Waals surface area contributed by atoms with E-state index in [1.165, 1.54) is 0 Å². The van der Waals surface area contributed by atoms with Crippen LogP contribution in [0.1, 0.15) is 29.6 Å². The molecule has 18 heavy (non-hydrogen) atoms. The van der Waals surface area contributed by atoms with E-state index in [0.29, 0.717) is 6.42 Å². The van der Waals surface area contributed by atoms with Gasteiger partial charge in [0.15, 0.2) is 5.78 Å². The number of carbonyl (C=O) groups is 1. The van der Waals surface area contributed by atoms with Crippen LogP contribution in [0.4, 0.5) is 0 Å². The van der Waals surface area contributed by atoms with Crippen LogP contribution in [0.25, 0.3) is 10.9 Å². The molecule has 0 amide bonds. The van der Waals surface area contributed by atoms with Gasteiger partial charge in [-0.2, -0.15) is 0 Å². The molecule has 1 aromatic heterocycles. The third-order valence-corrected chi connectivity index (χ3v) is 3.36. The fourth-order valence-corrected chi connectivity index (χ4v) is 2.38. The van der Waals surface area contributed by atoms with E-state index in [-0.39, 0.29) is 11.9 Å². The van der Waals surface area contributed by atoms with Crippen LogP contribution in [0, 0.1) is 0 Å². The molecular formula is C15H15NO2. The van der Waals surface area contributed by atoms with Crippen LogP contribution >= 0.6 is 0 Å². The Kier molecular flexibility index (Phi) is 3.07. The Morgan fingerprint density at radius 3 is 3.17 bits per heavy atom. The van der Waals surface area contributed by atoms with Crippen LogP contribution in [0.5, 0.6) is 0 Å². The Morgan fingerprint density at radius 2 is 2.33 bits per heavy atom. The lowest BCUT2D eigenvalue weighted by atomic mass is 10.0. The highest BCUT2D eigenvalue weighted by atomic mass is 16.5. The zero-order valence-electron chi connectivity index (χ0n) is 10.1. The second-order valence-corrected chi connectivity index (χ2v) is 4.67. The molecule has 1 aliphatic heterocycles. The normalized spacial score (nSPS) is 19.2. The van der Waals surface area contributed by atoms with E-state index >= 15 is 0 Å². The molecule has 0 radical (unpaired) electrons. The van der Waals surface area contributed by atoms with Crippen LogP contribution in [-0.2, 0) is 4.74 Å². The van der Waals surface area contributed by atoms with Crippen molar-refractivity contribution >= 4 is 16.7 Å². The van der Waals surface area contributed by atoms with Crippen molar-refractivity contribution in [2.75, 3.05) is 6.61 Å². The van der Waals surface area contributed by atoms with E-state index in [4.69, 9.17) is 4.74 Å².